The topological polar surface area (TPSA) is 49.6 Å². The van der Waals surface area contributed by atoms with Crippen molar-refractivity contribution in [2.45, 2.75) is 6.92 Å². The molecule has 4 heteroatoms. The number of aryl methyl sites for hydroxylation is 1. The van der Waals surface area contributed by atoms with E-state index in [1.165, 1.54) is 0 Å². The maximum Gasteiger partial charge on any atom is 0.161 e. The zero-order chi connectivity index (χ0) is 11.5. The highest BCUT2D eigenvalue weighted by atomic mass is 35.5. The van der Waals surface area contributed by atoms with Crippen molar-refractivity contribution in [3.05, 3.63) is 46.7 Å². The van der Waals surface area contributed by atoms with E-state index in [0.717, 1.165) is 5.56 Å². The monoisotopic (exact) mass is 229 g/mol. The molecule has 0 saturated heterocycles. The smallest absolute Gasteiger partial charge is 0.161 e. The van der Waals surface area contributed by atoms with Gasteiger partial charge < -0.3 is 0 Å². The average Bonchev–Trinajstić information content (AvgIpc) is 2.30. The van der Waals surface area contributed by atoms with Gasteiger partial charge in [-0.15, -0.1) is 0 Å². The highest BCUT2D eigenvalue weighted by Crippen LogP contribution is 2.21. The Morgan fingerprint density at radius 3 is 2.44 bits per heavy atom. The van der Waals surface area contributed by atoms with Gasteiger partial charge >= 0.3 is 0 Å². The Morgan fingerprint density at radius 2 is 1.88 bits per heavy atom. The lowest BCUT2D eigenvalue weighted by atomic mass is 10.2. The fraction of sp³-hybridized carbons (Fsp3) is 0.0833. The summed E-state index contributed by atoms with van der Waals surface area (Å²) >= 11 is 5.91. The number of nitrogens with zero attached hydrogens (tertiary/aromatic N) is 3. The summed E-state index contributed by atoms with van der Waals surface area (Å²) in [6.07, 6.45) is 0. The molecule has 2 rings (SSSR count). The first kappa shape index (κ1) is 10.6. The SMILES string of the molecule is Cc1nc(-c2ccccc2)nc(Cl)c1C#N. The van der Waals surface area contributed by atoms with Crippen LogP contribution in [0.15, 0.2) is 30.3 Å². The van der Waals surface area contributed by atoms with Gasteiger partial charge in [-0.1, -0.05) is 41.9 Å². The molecule has 0 aliphatic rings. The maximum atomic E-state index is 8.85. The standard InChI is InChI=1S/C12H8ClN3/c1-8-10(7-14)11(13)16-12(15-8)9-5-3-2-4-6-9/h2-6H,1H3. The molecule has 0 amide bonds. The van der Waals surface area contributed by atoms with E-state index in [9.17, 15) is 0 Å². The molecule has 3 nitrogen and oxygen atoms in total. The third kappa shape index (κ3) is 1.88. The van der Waals surface area contributed by atoms with Crippen LogP contribution in [0.3, 0.4) is 0 Å². The number of halogens is 1. The van der Waals surface area contributed by atoms with Crippen LogP contribution in [0.5, 0.6) is 0 Å². The number of nitriles is 1. The Balaban J connectivity index is 2.58. The summed E-state index contributed by atoms with van der Waals surface area (Å²) in [5.41, 5.74) is 1.82. The van der Waals surface area contributed by atoms with Crippen molar-refractivity contribution in [2.75, 3.05) is 0 Å². The van der Waals surface area contributed by atoms with Crippen LogP contribution >= 0.6 is 11.6 Å². The van der Waals surface area contributed by atoms with Gasteiger partial charge in [0.2, 0.25) is 0 Å². The molecule has 0 aliphatic carbocycles. The molecule has 0 N–H and O–H groups in total. The lowest BCUT2D eigenvalue weighted by Crippen LogP contribution is -1.97. The minimum atomic E-state index is 0.203. The summed E-state index contributed by atoms with van der Waals surface area (Å²) in [5, 5.41) is 9.05. The van der Waals surface area contributed by atoms with Gasteiger partial charge in [0.15, 0.2) is 11.0 Å². The van der Waals surface area contributed by atoms with Gasteiger partial charge in [-0.2, -0.15) is 5.26 Å². The molecule has 0 unspecified atom stereocenters. The fourth-order valence-electron chi connectivity index (χ4n) is 1.38. The molecular weight excluding hydrogens is 222 g/mol. The predicted molar refractivity (Wildman–Crippen MR) is 61.9 cm³/mol. The Kier molecular flexibility index (Phi) is 2.84. The number of rotatable bonds is 1. The molecule has 0 spiro atoms. The molecular formula is C12H8ClN3. The van der Waals surface area contributed by atoms with Crippen LogP contribution in [-0.4, -0.2) is 9.97 Å². The Hall–Kier alpha value is -1.92. The molecule has 16 heavy (non-hydrogen) atoms. The van der Waals surface area contributed by atoms with Crippen molar-refractivity contribution in [3.63, 3.8) is 0 Å². The average molecular weight is 230 g/mol. The van der Waals surface area contributed by atoms with Crippen LogP contribution in [-0.2, 0) is 0 Å². The second-order valence-electron chi connectivity index (χ2n) is 3.28. The summed E-state index contributed by atoms with van der Waals surface area (Å²) in [4.78, 5) is 8.36. The lowest BCUT2D eigenvalue weighted by molar-refractivity contribution is 1.09. The van der Waals surface area contributed by atoms with Crippen molar-refractivity contribution in [2.24, 2.45) is 0 Å². The minimum absolute atomic E-state index is 0.203. The summed E-state index contributed by atoms with van der Waals surface area (Å²) in [6.45, 7) is 1.75. The normalized spacial score (nSPS) is 9.81. The van der Waals surface area contributed by atoms with E-state index in [4.69, 9.17) is 16.9 Å². The number of hydrogen-bond acceptors (Lipinski definition) is 3. The Labute approximate surface area is 98.4 Å². The van der Waals surface area contributed by atoms with Gasteiger partial charge in [0, 0.05) is 5.56 Å². The molecule has 0 aliphatic heterocycles. The third-order valence-electron chi connectivity index (χ3n) is 2.19. The van der Waals surface area contributed by atoms with Gasteiger partial charge in [-0.25, -0.2) is 9.97 Å². The van der Waals surface area contributed by atoms with Gasteiger partial charge in [-0.3, -0.25) is 0 Å². The predicted octanol–water partition coefficient (Wildman–Crippen LogP) is 2.98. The number of hydrogen-bond donors (Lipinski definition) is 0. The quantitative estimate of drug-likeness (QED) is 0.707. The van der Waals surface area contributed by atoms with Crippen molar-refractivity contribution >= 4 is 11.6 Å². The third-order valence-corrected chi connectivity index (χ3v) is 2.46. The molecule has 1 aromatic heterocycles. The van der Waals surface area contributed by atoms with Gasteiger partial charge in [0.25, 0.3) is 0 Å². The number of benzene rings is 1. The highest BCUT2D eigenvalue weighted by Gasteiger charge is 2.10. The van der Waals surface area contributed by atoms with Crippen molar-refractivity contribution in [1.82, 2.24) is 9.97 Å². The second-order valence-corrected chi connectivity index (χ2v) is 3.63. The summed E-state index contributed by atoms with van der Waals surface area (Å²) < 4.78 is 0. The van der Waals surface area contributed by atoms with Crippen LogP contribution in [0, 0.1) is 18.3 Å². The largest absolute Gasteiger partial charge is 0.232 e. The molecule has 0 saturated carbocycles. The van der Waals surface area contributed by atoms with Crippen molar-refractivity contribution in [1.29, 1.82) is 5.26 Å². The molecule has 2 aromatic rings. The van der Waals surface area contributed by atoms with Crippen LogP contribution in [0.25, 0.3) is 11.4 Å². The van der Waals surface area contributed by atoms with Crippen molar-refractivity contribution < 1.29 is 0 Å². The highest BCUT2D eigenvalue weighted by molar-refractivity contribution is 6.30. The number of aromatic nitrogens is 2. The van der Waals surface area contributed by atoms with E-state index >= 15 is 0 Å². The first-order chi connectivity index (χ1) is 7.72. The zero-order valence-electron chi connectivity index (χ0n) is 8.61. The van der Waals surface area contributed by atoms with E-state index < -0.39 is 0 Å². The van der Waals surface area contributed by atoms with Crippen LogP contribution in [0.2, 0.25) is 5.15 Å². The molecule has 0 bridgehead atoms. The molecule has 0 fully saturated rings. The van der Waals surface area contributed by atoms with Crippen molar-refractivity contribution in [3.8, 4) is 17.5 Å². The van der Waals surface area contributed by atoms with Crippen LogP contribution < -0.4 is 0 Å². The van der Waals surface area contributed by atoms with E-state index in [0.29, 0.717) is 17.1 Å². The van der Waals surface area contributed by atoms with E-state index in [2.05, 4.69) is 9.97 Å². The molecule has 1 heterocycles. The van der Waals surface area contributed by atoms with Gasteiger partial charge in [0.1, 0.15) is 11.6 Å². The van der Waals surface area contributed by atoms with E-state index in [1.807, 2.05) is 36.4 Å². The summed E-state index contributed by atoms with van der Waals surface area (Å²) in [6, 6.07) is 11.5. The van der Waals surface area contributed by atoms with Crippen LogP contribution in [0.1, 0.15) is 11.3 Å². The lowest BCUT2D eigenvalue weighted by Gasteiger charge is -2.03. The van der Waals surface area contributed by atoms with Gasteiger partial charge in [-0.05, 0) is 6.92 Å². The molecule has 78 valence electrons. The Morgan fingerprint density at radius 1 is 1.19 bits per heavy atom. The van der Waals surface area contributed by atoms with E-state index in [-0.39, 0.29) is 5.15 Å². The first-order valence-corrected chi connectivity index (χ1v) is 5.10. The Bertz CT molecular complexity index is 535. The maximum absolute atomic E-state index is 8.85. The molecule has 0 radical (unpaired) electrons. The first-order valence-electron chi connectivity index (χ1n) is 4.72. The molecule has 1 aromatic carbocycles. The summed E-state index contributed by atoms with van der Waals surface area (Å²) in [5.74, 6) is 0.544. The minimum Gasteiger partial charge on any atom is -0.232 e. The molecule has 0 atom stereocenters. The fourth-order valence-corrected chi connectivity index (χ4v) is 1.64. The van der Waals surface area contributed by atoms with E-state index in [1.54, 1.807) is 6.92 Å². The van der Waals surface area contributed by atoms with Gasteiger partial charge in [0.05, 0.1) is 5.69 Å². The second kappa shape index (κ2) is 4.30. The summed E-state index contributed by atoms with van der Waals surface area (Å²) in [7, 11) is 0. The zero-order valence-corrected chi connectivity index (χ0v) is 9.36. The van der Waals surface area contributed by atoms with Crippen LogP contribution in [0.4, 0.5) is 0 Å².